The second-order valence-electron chi connectivity index (χ2n) is 5.11. The summed E-state index contributed by atoms with van der Waals surface area (Å²) in [5.74, 6) is -0.905. The Balaban J connectivity index is 2.26. The number of methoxy groups -OCH3 is 1. The third kappa shape index (κ3) is 3.80. The van der Waals surface area contributed by atoms with Gasteiger partial charge in [-0.05, 0) is 24.6 Å². The highest BCUT2D eigenvalue weighted by molar-refractivity contribution is 6.30. The number of amides is 1. The van der Waals surface area contributed by atoms with E-state index in [9.17, 15) is 14.4 Å². The van der Waals surface area contributed by atoms with Crippen molar-refractivity contribution in [2.24, 2.45) is 0 Å². The fourth-order valence-electron chi connectivity index (χ4n) is 2.32. The van der Waals surface area contributed by atoms with Crippen molar-refractivity contribution in [2.75, 3.05) is 12.4 Å². The van der Waals surface area contributed by atoms with E-state index in [1.807, 2.05) is 0 Å². The molecule has 2 heterocycles. The molecule has 2 aromatic rings. The molecule has 0 unspecified atom stereocenters. The molecule has 2 N–H and O–H groups in total. The average molecular weight is 350 g/mol. The van der Waals surface area contributed by atoms with E-state index in [-0.39, 0.29) is 23.5 Å². The minimum Gasteiger partial charge on any atom is -0.465 e. The summed E-state index contributed by atoms with van der Waals surface area (Å²) < 4.78 is 4.73. The van der Waals surface area contributed by atoms with Crippen molar-refractivity contribution in [3.63, 3.8) is 0 Å². The van der Waals surface area contributed by atoms with Crippen molar-refractivity contribution in [2.45, 2.75) is 20.3 Å². The summed E-state index contributed by atoms with van der Waals surface area (Å²) in [7, 11) is 1.24. The monoisotopic (exact) mass is 349 g/mol. The Morgan fingerprint density at radius 3 is 2.58 bits per heavy atom. The molecule has 8 heteroatoms. The largest absolute Gasteiger partial charge is 0.465 e. The first-order valence-corrected chi connectivity index (χ1v) is 7.43. The van der Waals surface area contributed by atoms with Crippen LogP contribution in [0.5, 0.6) is 0 Å². The lowest BCUT2D eigenvalue weighted by atomic mass is 10.1. The van der Waals surface area contributed by atoms with Crippen molar-refractivity contribution in [1.29, 1.82) is 0 Å². The number of esters is 1. The van der Waals surface area contributed by atoms with Crippen LogP contribution in [0.15, 0.2) is 18.3 Å². The molecule has 0 aliphatic carbocycles. The standard InChI is InChI=1S/C16H16ClN3O4/c1-8-14(16(23)24-3)11(19-15(8)9(2)21)6-13(22)20-12-5-4-10(17)7-18-12/h4-5,7,19H,6H2,1-3H3,(H,18,20,22). The van der Waals surface area contributed by atoms with E-state index < -0.39 is 11.9 Å². The van der Waals surface area contributed by atoms with Crippen LogP contribution in [0.1, 0.15) is 39.0 Å². The Hall–Kier alpha value is -2.67. The number of hydrogen-bond acceptors (Lipinski definition) is 5. The first-order valence-electron chi connectivity index (χ1n) is 7.05. The van der Waals surface area contributed by atoms with E-state index >= 15 is 0 Å². The zero-order chi connectivity index (χ0) is 17.9. The number of anilines is 1. The molecule has 7 nitrogen and oxygen atoms in total. The smallest absolute Gasteiger partial charge is 0.339 e. The van der Waals surface area contributed by atoms with Crippen LogP contribution < -0.4 is 5.32 Å². The van der Waals surface area contributed by atoms with E-state index in [2.05, 4.69) is 15.3 Å². The number of halogens is 1. The number of ketones is 1. The number of ether oxygens (including phenoxy) is 1. The molecule has 0 atom stereocenters. The number of carbonyl (C=O) groups is 3. The number of hydrogen-bond donors (Lipinski definition) is 2. The third-order valence-corrected chi connectivity index (χ3v) is 3.63. The summed E-state index contributed by atoms with van der Waals surface area (Å²) in [5.41, 5.74) is 1.25. The van der Waals surface area contributed by atoms with Crippen molar-refractivity contribution in [3.8, 4) is 0 Å². The number of pyridine rings is 1. The number of Topliss-reactive ketones (excluding diaryl/α,β-unsaturated/α-hetero) is 1. The maximum atomic E-state index is 12.2. The van der Waals surface area contributed by atoms with Gasteiger partial charge in [-0.3, -0.25) is 9.59 Å². The van der Waals surface area contributed by atoms with E-state index in [1.54, 1.807) is 19.1 Å². The lowest BCUT2D eigenvalue weighted by Crippen LogP contribution is -2.17. The predicted molar refractivity (Wildman–Crippen MR) is 88.5 cm³/mol. The van der Waals surface area contributed by atoms with Gasteiger partial charge in [-0.15, -0.1) is 0 Å². The van der Waals surface area contributed by atoms with Gasteiger partial charge in [-0.25, -0.2) is 9.78 Å². The Morgan fingerprint density at radius 2 is 2.04 bits per heavy atom. The van der Waals surface area contributed by atoms with Gasteiger partial charge in [0.15, 0.2) is 5.78 Å². The van der Waals surface area contributed by atoms with E-state index in [0.717, 1.165) is 0 Å². The molecule has 0 radical (unpaired) electrons. The summed E-state index contributed by atoms with van der Waals surface area (Å²) in [5, 5.41) is 3.04. The highest BCUT2D eigenvalue weighted by Crippen LogP contribution is 2.21. The number of nitrogens with zero attached hydrogens (tertiary/aromatic N) is 1. The highest BCUT2D eigenvalue weighted by atomic mass is 35.5. The molecule has 0 saturated carbocycles. The topological polar surface area (TPSA) is 101 Å². The van der Waals surface area contributed by atoms with Crippen LogP contribution in [-0.2, 0) is 16.0 Å². The SMILES string of the molecule is COC(=O)c1c(CC(=O)Nc2ccc(Cl)cn2)[nH]c(C(C)=O)c1C. The molecule has 0 aliphatic heterocycles. The molecule has 0 fully saturated rings. The van der Waals surface area contributed by atoms with Gasteiger partial charge in [-0.1, -0.05) is 11.6 Å². The Kier molecular flexibility index (Phi) is 5.35. The Morgan fingerprint density at radius 1 is 1.33 bits per heavy atom. The van der Waals surface area contributed by atoms with Gasteiger partial charge in [-0.2, -0.15) is 0 Å². The number of rotatable bonds is 5. The second kappa shape index (κ2) is 7.27. The number of nitrogens with one attached hydrogen (secondary N) is 2. The second-order valence-corrected chi connectivity index (χ2v) is 5.55. The molecule has 2 aromatic heterocycles. The molecule has 24 heavy (non-hydrogen) atoms. The van der Waals surface area contributed by atoms with Crippen molar-refractivity contribution >= 4 is 35.1 Å². The Bertz CT molecular complexity index is 796. The first-order chi connectivity index (χ1) is 11.3. The van der Waals surface area contributed by atoms with Gasteiger partial charge in [0.1, 0.15) is 5.82 Å². The van der Waals surface area contributed by atoms with Crippen molar-refractivity contribution in [3.05, 3.63) is 45.9 Å². The summed E-state index contributed by atoms with van der Waals surface area (Å²) in [6.07, 6.45) is 1.27. The van der Waals surface area contributed by atoms with Crippen molar-refractivity contribution < 1.29 is 19.1 Å². The van der Waals surface area contributed by atoms with Gasteiger partial charge >= 0.3 is 5.97 Å². The van der Waals surface area contributed by atoms with E-state index in [0.29, 0.717) is 22.1 Å². The van der Waals surface area contributed by atoms with Crippen molar-refractivity contribution in [1.82, 2.24) is 9.97 Å². The summed E-state index contributed by atoms with van der Waals surface area (Å²) in [6.45, 7) is 3.00. The molecular weight excluding hydrogens is 334 g/mol. The normalized spacial score (nSPS) is 10.3. The van der Waals surface area contributed by atoms with Crippen LogP contribution in [0.25, 0.3) is 0 Å². The average Bonchev–Trinajstić information content (AvgIpc) is 2.85. The fourth-order valence-corrected chi connectivity index (χ4v) is 2.43. The lowest BCUT2D eigenvalue weighted by Gasteiger charge is -2.05. The number of aromatic amines is 1. The van der Waals surface area contributed by atoms with Gasteiger partial charge in [0.05, 0.1) is 29.8 Å². The van der Waals surface area contributed by atoms with E-state index in [1.165, 1.54) is 20.2 Å². The van der Waals surface area contributed by atoms with Crippen LogP contribution >= 0.6 is 11.6 Å². The summed E-state index contributed by atoms with van der Waals surface area (Å²) in [6, 6.07) is 3.15. The van der Waals surface area contributed by atoms with Crippen LogP contribution in [0.4, 0.5) is 5.82 Å². The van der Waals surface area contributed by atoms with Gasteiger partial charge in [0.25, 0.3) is 0 Å². The molecule has 0 bridgehead atoms. The first kappa shape index (κ1) is 17.7. The molecular formula is C16H16ClN3O4. The molecule has 1 amide bonds. The Labute approximate surface area is 143 Å². The maximum Gasteiger partial charge on any atom is 0.339 e. The highest BCUT2D eigenvalue weighted by Gasteiger charge is 2.24. The molecule has 0 aromatic carbocycles. The van der Waals surface area contributed by atoms with Gasteiger partial charge in [0.2, 0.25) is 5.91 Å². The molecule has 126 valence electrons. The predicted octanol–water partition coefficient (Wildman–Crippen LogP) is 2.54. The molecule has 0 aliphatic rings. The van der Waals surface area contributed by atoms with Crippen LogP contribution in [0, 0.1) is 6.92 Å². The van der Waals surface area contributed by atoms with Gasteiger partial charge < -0.3 is 15.0 Å². The van der Waals surface area contributed by atoms with Gasteiger partial charge in [0, 0.05) is 18.8 Å². The number of H-pyrrole nitrogens is 1. The van der Waals surface area contributed by atoms with Crippen LogP contribution in [0.2, 0.25) is 5.02 Å². The zero-order valence-corrected chi connectivity index (χ0v) is 14.2. The zero-order valence-electron chi connectivity index (χ0n) is 13.4. The maximum absolute atomic E-state index is 12.2. The molecule has 0 saturated heterocycles. The van der Waals surface area contributed by atoms with Crippen LogP contribution in [0.3, 0.4) is 0 Å². The minimum atomic E-state index is -0.608. The third-order valence-electron chi connectivity index (χ3n) is 3.40. The van der Waals surface area contributed by atoms with E-state index in [4.69, 9.17) is 16.3 Å². The number of carbonyl (C=O) groups excluding carboxylic acids is 3. The molecule has 2 rings (SSSR count). The summed E-state index contributed by atoms with van der Waals surface area (Å²) in [4.78, 5) is 42.6. The van der Waals surface area contributed by atoms with Crippen LogP contribution in [-0.4, -0.2) is 34.7 Å². The number of aromatic nitrogens is 2. The molecule has 0 spiro atoms. The minimum absolute atomic E-state index is 0.136. The fraction of sp³-hybridized carbons (Fsp3) is 0.250. The summed E-state index contributed by atoms with van der Waals surface area (Å²) >= 11 is 5.74. The lowest BCUT2D eigenvalue weighted by molar-refractivity contribution is -0.115. The quantitative estimate of drug-likeness (QED) is 0.638.